The molecule has 0 radical (unpaired) electrons. The van der Waals surface area contributed by atoms with Crippen LogP contribution in [0.3, 0.4) is 0 Å². The molecule has 0 unspecified atom stereocenters. The van der Waals surface area contributed by atoms with Gasteiger partial charge in [-0.25, -0.2) is 0 Å². The second-order valence-corrected chi connectivity index (χ2v) is 5.94. The first-order valence-electron chi connectivity index (χ1n) is 7.69. The molecule has 3 aromatic rings. The van der Waals surface area contributed by atoms with E-state index in [-0.39, 0.29) is 11.9 Å². The van der Waals surface area contributed by atoms with Crippen LogP contribution in [0.5, 0.6) is 0 Å². The molecule has 1 N–H and O–H groups in total. The van der Waals surface area contributed by atoms with Crippen LogP contribution in [0.4, 0.5) is 0 Å². The van der Waals surface area contributed by atoms with Gasteiger partial charge in [0.2, 0.25) is 0 Å². The number of aryl methyl sites for hydroxylation is 3. The number of hydrogen-bond acceptors (Lipinski definition) is 5. The van der Waals surface area contributed by atoms with Crippen LogP contribution in [0.2, 0.25) is 0 Å². The Labute approximate surface area is 139 Å². The number of aromatic nitrogens is 5. The molecule has 0 spiro atoms. The van der Waals surface area contributed by atoms with Crippen molar-refractivity contribution >= 4 is 5.91 Å². The van der Waals surface area contributed by atoms with Crippen LogP contribution in [-0.2, 0) is 20.5 Å². The van der Waals surface area contributed by atoms with Crippen LogP contribution in [0, 0.1) is 6.92 Å². The Morgan fingerprint density at radius 3 is 2.71 bits per heavy atom. The Bertz CT molecular complexity index is 860. The van der Waals surface area contributed by atoms with Gasteiger partial charge in [0.1, 0.15) is 11.5 Å². The number of amides is 1. The zero-order valence-electron chi connectivity index (χ0n) is 14.1. The van der Waals surface area contributed by atoms with Crippen molar-refractivity contribution in [3.8, 4) is 11.5 Å². The summed E-state index contributed by atoms with van der Waals surface area (Å²) < 4.78 is 8.85. The van der Waals surface area contributed by atoms with Gasteiger partial charge in [0.25, 0.3) is 5.91 Å². The van der Waals surface area contributed by atoms with Gasteiger partial charge in [-0.1, -0.05) is 5.21 Å². The van der Waals surface area contributed by atoms with E-state index in [1.165, 1.54) is 0 Å². The summed E-state index contributed by atoms with van der Waals surface area (Å²) in [6, 6.07) is 3.58. The number of furan rings is 1. The fourth-order valence-electron chi connectivity index (χ4n) is 2.55. The van der Waals surface area contributed by atoms with Crippen molar-refractivity contribution in [3.05, 3.63) is 41.5 Å². The smallest absolute Gasteiger partial charge is 0.255 e. The van der Waals surface area contributed by atoms with Gasteiger partial charge in [-0.15, -0.1) is 5.10 Å². The zero-order chi connectivity index (χ0) is 17.3. The van der Waals surface area contributed by atoms with Crippen LogP contribution < -0.4 is 5.32 Å². The monoisotopic (exact) mass is 328 g/mol. The van der Waals surface area contributed by atoms with Gasteiger partial charge in [0.15, 0.2) is 5.76 Å². The van der Waals surface area contributed by atoms with Crippen LogP contribution in [0.1, 0.15) is 28.7 Å². The van der Waals surface area contributed by atoms with E-state index in [4.69, 9.17) is 4.42 Å². The number of carbonyl (C=O) groups excluding carboxylic acids is 1. The quantitative estimate of drug-likeness (QED) is 0.766. The molecular formula is C16H20N6O2. The largest absolute Gasteiger partial charge is 0.460 e. The molecule has 0 saturated heterocycles. The second-order valence-electron chi connectivity index (χ2n) is 5.94. The van der Waals surface area contributed by atoms with Crippen LogP contribution in [-0.4, -0.2) is 36.7 Å². The third-order valence-electron chi connectivity index (χ3n) is 3.59. The van der Waals surface area contributed by atoms with Crippen molar-refractivity contribution in [2.75, 3.05) is 0 Å². The Morgan fingerprint density at radius 2 is 2.08 bits per heavy atom. The molecule has 0 aliphatic carbocycles. The number of carbonyl (C=O) groups is 1. The molecule has 8 heteroatoms. The van der Waals surface area contributed by atoms with Crippen molar-refractivity contribution < 1.29 is 9.21 Å². The molecule has 0 fully saturated rings. The molecule has 0 aromatic carbocycles. The standard InChI is InChI=1S/C16H20N6O2/c1-10(7-12-8-22(4)20-18-12)17-16(23)13-9-21(3)19-15(13)14-6-5-11(2)24-14/h5-6,8-10H,7H2,1-4H3,(H,17,23)/t10-/m1/s1. The molecule has 8 nitrogen and oxygen atoms in total. The minimum atomic E-state index is -0.191. The zero-order valence-corrected chi connectivity index (χ0v) is 14.1. The number of hydrogen-bond donors (Lipinski definition) is 1. The SMILES string of the molecule is Cc1ccc(-c2nn(C)cc2C(=O)N[C@H](C)Cc2cn(C)nn2)o1. The highest BCUT2D eigenvalue weighted by molar-refractivity contribution is 5.99. The maximum Gasteiger partial charge on any atom is 0.255 e. The fourth-order valence-corrected chi connectivity index (χ4v) is 2.55. The summed E-state index contributed by atoms with van der Waals surface area (Å²) in [6.07, 6.45) is 4.14. The highest BCUT2D eigenvalue weighted by Crippen LogP contribution is 2.24. The lowest BCUT2D eigenvalue weighted by Crippen LogP contribution is -2.34. The molecule has 0 bridgehead atoms. The number of nitrogens with one attached hydrogen (secondary N) is 1. The molecule has 3 aromatic heterocycles. The number of rotatable bonds is 5. The molecule has 3 heterocycles. The molecule has 3 rings (SSSR count). The first-order chi connectivity index (χ1) is 11.4. The van der Waals surface area contributed by atoms with Gasteiger partial charge >= 0.3 is 0 Å². The lowest BCUT2D eigenvalue weighted by Gasteiger charge is -2.11. The number of nitrogens with zero attached hydrogens (tertiary/aromatic N) is 5. The lowest BCUT2D eigenvalue weighted by atomic mass is 10.1. The second kappa shape index (κ2) is 6.31. The summed E-state index contributed by atoms with van der Waals surface area (Å²) in [5.74, 6) is 1.17. The summed E-state index contributed by atoms with van der Waals surface area (Å²) >= 11 is 0. The molecular weight excluding hydrogens is 308 g/mol. The highest BCUT2D eigenvalue weighted by atomic mass is 16.3. The first kappa shape index (κ1) is 16.0. The van der Waals surface area contributed by atoms with E-state index in [1.807, 2.05) is 39.2 Å². The van der Waals surface area contributed by atoms with E-state index in [0.717, 1.165) is 11.5 Å². The van der Waals surface area contributed by atoms with Gasteiger partial charge in [0.05, 0.1) is 11.3 Å². The minimum Gasteiger partial charge on any atom is -0.460 e. The van der Waals surface area contributed by atoms with Gasteiger partial charge < -0.3 is 9.73 Å². The Hall–Kier alpha value is -2.90. The molecule has 1 atom stereocenters. The third-order valence-corrected chi connectivity index (χ3v) is 3.59. The average molecular weight is 328 g/mol. The summed E-state index contributed by atoms with van der Waals surface area (Å²) in [5, 5.41) is 15.3. The highest BCUT2D eigenvalue weighted by Gasteiger charge is 2.21. The van der Waals surface area contributed by atoms with Crippen molar-refractivity contribution in [3.63, 3.8) is 0 Å². The van der Waals surface area contributed by atoms with Crippen LogP contribution in [0.25, 0.3) is 11.5 Å². The van der Waals surface area contributed by atoms with Crippen LogP contribution in [0.15, 0.2) is 28.9 Å². The van der Waals surface area contributed by atoms with Gasteiger partial charge in [-0.05, 0) is 26.0 Å². The Kier molecular flexibility index (Phi) is 4.20. The van der Waals surface area contributed by atoms with E-state index in [0.29, 0.717) is 23.4 Å². The summed E-state index contributed by atoms with van der Waals surface area (Å²) in [5.41, 5.74) is 1.85. The van der Waals surface area contributed by atoms with E-state index < -0.39 is 0 Å². The van der Waals surface area contributed by atoms with Gasteiger partial charge in [-0.2, -0.15) is 5.10 Å². The maximum atomic E-state index is 12.6. The van der Waals surface area contributed by atoms with E-state index >= 15 is 0 Å². The first-order valence-corrected chi connectivity index (χ1v) is 7.69. The van der Waals surface area contributed by atoms with E-state index in [2.05, 4.69) is 20.7 Å². The molecule has 0 saturated carbocycles. The van der Waals surface area contributed by atoms with Crippen molar-refractivity contribution in [2.45, 2.75) is 26.3 Å². The molecule has 1 amide bonds. The van der Waals surface area contributed by atoms with Crippen molar-refractivity contribution in [1.82, 2.24) is 30.1 Å². The topological polar surface area (TPSA) is 90.8 Å². The summed E-state index contributed by atoms with van der Waals surface area (Å²) in [7, 11) is 3.59. The lowest BCUT2D eigenvalue weighted by molar-refractivity contribution is 0.0940. The molecule has 24 heavy (non-hydrogen) atoms. The van der Waals surface area contributed by atoms with Crippen molar-refractivity contribution in [2.24, 2.45) is 14.1 Å². The fraction of sp³-hybridized carbons (Fsp3) is 0.375. The summed E-state index contributed by atoms with van der Waals surface area (Å²) in [4.78, 5) is 12.6. The van der Waals surface area contributed by atoms with Crippen LogP contribution >= 0.6 is 0 Å². The normalized spacial score (nSPS) is 12.3. The van der Waals surface area contributed by atoms with Gasteiger partial charge in [-0.3, -0.25) is 14.2 Å². The third kappa shape index (κ3) is 3.37. The van der Waals surface area contributed by atoms with E-state index in [9.17, 15) is 4.79 Å². The molecule has 0 aliphatic heterocycles. The Morgan fingerprint density at radius 1 is 1.29 bits per heavy atom. The molecule has 126 valence electrons. The van der Waals surface area contributed by atoms with Gasteiger partial charge in [0, 0.05) is 39.0 Å². The minimum absolute atomic E-state index is 0.0828. The average Bonchev–Trinajstić information content (AvgIpc) is 3.19. The maximum absolute atomic E-state index is 12.6. The van der Waals surface area contributed by atoms with E-state index in [1.54, 1.807) is 22.6 Å². The predicted molar refractivity (Wildman–Crippen MR) is 87.3 cm³/mol. The summed E-state index contributed by atoms with van der Waals surface area (Å²) in [6.45, 7) is 3.79. The molecule has 0 aliphatic rings. The van der Waals surface area contributed by atoms with Crippen molar-refractivity contribution in [1.29, 1.82) is 0 Å². The Balaban J connectivity index is 1.75. The predicted octanol–water partition coefficient (Wildman–Crippen LogP) is 1.48.